The second kappa shape index (κ2) is 7.35. The highest BCUT2D eigenvalue weighted by Gasteiger charge is 2.26. The third-order valence-electron chi connectivity index (χ3n) is 3.57. The molecule has 1 amide bonds. The van der Waals surface area contributed by atoms with Crippen molar-refractivity contribution < 1.29 is 4.79 Å². The molecule has 1 aromatic carbocycles. The Morgan fingerprint density at radius 3 is 2.56 bits per heavy atom. The van der Waals surface area contributed by atoms with E-state index in [4.69, 9.17) is 5.84 Å². The molecule has 8 heteroatoms. The second-order valence-electron chi connectivity index (χ2n) is 5.56. The summed E-state index contributed by atoms with van der Waals surface area (Å²) in [5.74, 6) is 6.62. The summed E-state index contributed by atoms with van der Waals surface area (Å²) in [6, 6.07) is 13.2. The molecular formula is C17H18N6OS. The topological polar surface area (TPSA) is 89.9 Å². The Kier molecular flexibility index (Phi) is 4.99. The van der Waals surface area contributed by atoms with Gasteiger partial charge in [-0.2, -0.15) is 0 Å². The van der Waals surface area contributed by atoms with Gasteiger partial charge in [-0.1, -0.05) is 42.1 Å². The van der Waals surface area contributed by atoms with E-state index in [1.54, 1.807) is 37.5 Å². The molecule has 25 heavy (non-hydrogen) atoms. The molecule has 2 N–H and O–H groups in total. The molecule has 0 spiro atoms. The minimum atomic E-state index is -0.454. The number of aromatic nitrogens is 4. The number of pyridine rings is 1. The number of nitrogens with zero attached hydrogens (tertiary/aromatic N) is 5. The van der Waals surface area contributed by atoms with Crippen molar-refractivity contribution in [2.45, 2.75) is 10.4 Å². The van der Waals surface area contributed by atoms with Crippen molar-refractivity contribution in [1.29, 1.82) is 0 Å². The molecule has 7 nitrogen and oxygen atoms in total. The van der Waals surface area contributed by atoms with Crippen molar-refractivity contribution in [3.63, 3.8) is 0 Å². The van der Waals surface area contributed by atoms with Crippen LogP contribution in [0.4, 0.5) is 0 Å². The summed E-state index contributed by atoms with van der Waals surface area (Å²) in [4.78, 5) is 18.3. The van der Waals surface area contributed by atoms with Crippen LogP contribution in [0.5, 0.6) is 0 Å². The van der Waals surface area contributed by atoms with Crippen LogP contribution in [-0.2, 0) is 4.79 Å². The Bertz CT molecular complexity index is 850. The molecule has 3 aromatic rings. The number of hydrogen-bond acceptors (Lipinski definition) is 6. The number of benzene rings is 1. The minimum Gasteiger partial charge on any atom is -0.348 e. The van der Waals surface area contributed by atoms with E-state index in [0.29, 0.717) is 11.0 Å². The highest BCUT2D eigenvalue weighted by atomic mass is 32.2. The summed E-state index contributed by atoms with van der Waals surface area (Å²) >= 11 is 1.27. The quantitative estimate of drug-likeness (QED) is 0.556. The van der Waals surface area contributed by atoms with Crippen molar-refractivity contribution in [1.82, 2.24) is 24.8 Å². The summed E-state index contributed by atoms with van der Waals surface area (Å²) in [6.07, 6.45) is 3.35. The minimum absolute atomic E-state index is 0.0397. The van der Waals surface area contributed by atoms with Crippen molar-refractivity contribution in [3.8, 4) is 11.4 Å². The van der Waals surface area contributed by atoms with Gasteiger partial charge >= 0.3 is 0 Å². The maximum Gasteiger partial charge on any atom is 0.240 e. The SMILES string of the molecule is CN(C)C(=O)[C@@H](Sc1nnc(-c2cccnc2)n1N)c1ccccc1. The molecule has 128 valence electrons. The molecule has 0 aliphatic rings. The van der Waals surface area contributed by atoms with E-state index in [9.17, 15) is 4.79 Å². The van der Waals surface area contributed by atoms with E-state index in [1.807, 2.05) is 36.4 Å². The average molecular weight is 354 g/mol. The standard InChI is InChI=1S/C17H18N6OS/c1-22(2)16(24)14(12-7-4-3-5-8-12)25-17-21-20-15(23(17)18)13-9-6-10-19-11-13/h3-11,14H,18H2,1-2H3/t14-/m0/s1. The van der Waals surface area contributed by atoms with E-state index in [-0.39, 0.29) is 5.91 Å². The second-order valence-corrected chi connectivity index (χ2v) is 6.63. The molecule has 0 saturated heterocycles. The van der Waals surface area contributed by atoms with Crippen LogP contribution in [0.3, 0.4) is 0 Å². The van der Waals surface area contributed by atoms with Gasteiger partial charge in [-0.25, -0.2) is 4.68 Å². The van der Waals surface area contributed by atoms with Gasteiger partial charge in [0.2, 0.25) is 11.1 Å². The maximum atomic E-state index is 12.6. The highest BCUT2D eigenvalue weighted by Crippen LogP contribution is 2.35. The van der Waals surface area contributed by atoms with Crippen LogP contribution in [-0.4, -0.2) is 44.8 Å². The molecular weight excluding hydrogens is 336 g/mol. The van der Waals surface area contributed by atoms with Crippen LogP contribution in [0.2, 0.25) is 0 Å². The van der Waals surface area contributed by atoms with Gasteiger partial charge in [0.25, 0.3) is 0 Å². The number of rotatable bonds is 5. The average Bonchev–Trinajstić information content (AvgIpc) is 3.01. The van der Waals surface area contributed by atoms with E-state index in [2.05, 4.69) is 15.2 Å². The molecule has 0 aliphatic carbocycles. The molecule has 0 radical (unpaired) electrons. The largest absolute Gasteiger partial charge is 0.348 e. The van der Waals surface area contributed by atoms with Crippen LogP contribution < -0.4 is 5.84 Å². The number of likely N-dealkylation sites (N-methyl/N-ethyl adjacent to an activating group) is 1. The summed E-state index contributed by atoms with van der Waals surface area (Å²) in [5.41, 5.74) is 1.65. The molecule has 0 aliphatic heterocycles. The number of carbonyl (C=O) groups excluding carboxylic acids is 1. The summed E-state index contributed by atoms with van der Waals surface area (Å²) < 4.78 is 1.39. The van der Waals surface area contributed by atoms with E-state index in [1.165, 1.54) is 16.4 Å². The first kappa shape index (κ1) is 17.0. The number of nitrogen functional groups attached to an aromatic ring is 1. The predicted molar refractivity (Wildman–Crippen MR) is 97.1 cm³/mol. The smallest absolute Gasteiger partial charge is 0.240 e. The molecule has 0 bridgehead atoms. The summed E-state index contributed by atoms with van der Waals surface area (Å²) in [5, 5.41) is 8.30. The summed E-state index contributed by atoms with van der Waals surface area (Å²) in [7, 11) is 3.46. The van der Waals surface area contributed by atoms with Crippen LogP contribution in [0.15, 0.2) is 60.0 Å². The van der Waals surface area contributed by atoms with Crippen molar-refractivity contribution in [3.05, 3.63) is 60.4 Å². The molecule has 3 rings (SSSR count). The molecule has 0 fully saturated rings. The van der Waals surface area contributed by atoms with Crippen LogP contribution in [0, 0.1) is 0 Å². The number of hydrogen-bond donors (Lipinski definition) is 1. The third-order valence-corrected chi connectivity index (χ3v) is 4.77. The van der Waals surface area contributed by atoms with Gasteiger partial charge < -0.3 is 10.7 Å². The molecule has 2 heterocycles. The third kappa shape index (κ3) is 3.63. The predicted octanol–water partition coefficient (Wildman–Crippen LogP) is 1.98. The lowest BCUT2D eigenvalue weighted by Gasteiger charge is -2.20. The van der Waals surface area contributed by atoms with Crippen LogP contribution >= 0.6 is 11.8 Å². The van der Waals surface area contributed by atoms with Gasteiger partial charge in [0.05, 0.1) is 0 Å². The fraction of sp³-hybridized carbons (Fsp3) is 0.176. The zero-order valence-corrected chi connectivity index (χ0v) is 14.7. The number of thioether (sulfide) groups is 1. The van der Waals surface area contributed by atoms with Crippen LogP contribution in [0.25, 0.3) is 11.4 Å². The Hall–Kier alpha value is -2.87. The Morgan fingerprint density at radius 2 is 1.92 bits per heavy atom. The van der Waals surface area contributed by atoms with Gasteiger partial charge in [-0.05, 0) is 17.7 Å². The normalized spacial score (nSPS) is 11.9. The van der Waals surface area contributed by atoms with Crippen LogP contribution in [0.1, 0.15) is 10.8 Å². The Morgan fingerprint density at radius 1 is 1.16 bits per heavy atom. The molecule has 0 unspecified atom stereocenters. The van der Waals surface area contributed by atoms with E-state index >= 15 is 0 Å². The lowest BCUT2D eigenvalue weighted by Crippen LogP contribution is -2.27. The number of carbonyl (C=O) groups is 1. The number of nitrogens with two attached hydrogens (primary N) is 1. The van der Waals surface area contributed by atoms with Crippen molar-refractivity contribution >= 4 is 17.7 Å². The van der Waals surface area contributed by atoms with Gasteiger partial charge in [-0.3, -0.25) is 9.78 Å². The first-order valence-corrected chi connectivity index (χ1v) is 8.49. The molecule has 2 aromatic heterocycles. The Labute approximate surface area is 149 Å². The highest BCUT2D eigenvalue weighted by molar-refractivity contribution is 8.00. The Balaban J connectivity index is 1.93. The zero-order chi connectivity index (χ0) is 17.8. The monoisotopic (exact) mass is 354 g/mol. The van der Waals surface area contributed by atoms with E-state index in [0.717, 1.165) is 11.1 Å². The zero-order valence-electron chi connectivity index (χ0n) is 13.9. The van der Waals surface area contributed by atoms with Gasteiger partial charge in [-0.15, -0.1) is 10.2 Å². The van der Waals surface area contributed by atoms with E-state index < -0.39 is 5.25 Å². The fourth-order valence-corrected chi connectivity index (χ4v) is 3.38. The molecule has 1 atom stereocenters. The maximum absolute atomic E-state index is 12.6. The van der Waals surface area contributed by atoms with Crippen molar-refractivity contribution in [2.75, 3.05) is 19.9 Å². The van der Waals surface area contributed by atoms with Gasteiger partial charge in [0, 0.05) is 32.1 Å². The van der Waals surface area contributed by atoms with Crippen molar-refractivity contribution in [2.24, 2.45) is 0 Å². The first-order chi connectivity index (χ1) is 12.1. The lowest BCUT2D eigenvalue weighted by atomic mass is 10.1. The van der Waals surface area contributed by atoms with Gasteiger partial charge in [0.1, 0.15) is 5.25 Å². The number of amides is 1. The summed E-state index contributed by atoms with van der Waals surface area (Å²) in [6.45, 7) is 0. The fourth-order valence-electron chi connectivity index (χ4n) is 2.28. The lowest BCUT2D eigenvalue weighted by molar-refractivity contribution is -0.128. The molecule has 0 saturated carbocycles. The first-order valence-electron chi connectivity index (χ1n) is 7.61. The van der Waals surface area contributed by atoms with Gasteiger partial charge in [0.15, 0.2) is 5.82 Å².